The van der Waals surface area contributed by atoms with Gasteiger partial charge in [-0.3, -0.25) is 4.79 Å². The van der Waals surface area contributed by atoms with Crippen molar-refractivity contribution >= 4 is 11.7 Å². The Morgan fingerprint density at radius 2 is 2.11 bits per heavy atom. The number of anilines is 1. The average molecular weight is 268 g/mol. The van der Waals surface area contributed by atoms with Crippen LogP contribution in [0.15, 0.2) is 18.2 Å². The van der Waals surface area contributed by atoms with Crippen LogP contribution in [0.4, 0.5) is 5.69 Å². The second-order valence-electron chi connectivity index (χ2n) is 4.10. The van der Waals surface area contributed by atoms with Gasteiger partial charge in [0.05, 0.1) is 19.9 Å². The van der Waals surface area contributed by atoms with Crippen LogP contribution in [0.5, 0.6) is 11.5 Å². The summed E-state index contributed by atoms with van der Waals surface area (Å²) in [4.78, 5) is 12.8. The highest BCUT2D eigenvalue weighted by Crippen LogP contribution is 2.31. The predicted molar refractivity (Wildman–Crippen MR) is 73.3 cm³/mol. The van der Waals surface area contributed by atoms with Gasteiger partial charge >= 0.3 is 5.97 Å². The third-order valence-corrected chi connectivity index (χ3v) is 2.90. The topological polar surface area (TPSA) is 71.0 Å². The van der Waals surface area contributed by atoms with E-state index in [9.17, 15) is 4.79 Å². The van der Waals surface area contributed by atoms with Crippen molar-refractivity contribution < 1.29 is 19.4 Å². The van der Waals surface area contributed by atoms with Crippen molar-refractivity contribution in [2.45, 2.75) is 6.04 Å². The SMILES string of the molecule is CNC(CN(C)c1ccc(OC)cc1OC)C(=O)O. The van der Waals surface area contributed by atoms with Crippen molar-refractivity contribution in [2.24, 2.45) is 0 Å². The van der Waals surface area contributed by atoms with Crippen LogP contribution in [-0.2, 0) is 4.79 Å². The molecule has 106 valence electrons. The molecule has 0 aromatic heterocycles. The fourth-order valence-corrected chi connectivity index (χ4v) is 1.77. The summed E-state index contributed by atoms with van der Waals surface area (Å²) in [5, 5.41) is 11.8. The molecule has 6 heteroatoms. The molecule has 1 atom stereocenters. The molecule has 0 heterocycles. The number of carbonyl (C=O) groups is 1. The smallest absolute Gasteiger partial charge is 0.322 e. The molecule has 0 saturated heterocycles. The van der Waals surface area contributed by atoms with Gasteiger partial charge in [0, 0.05) is 19.7 Å². The van der Waals surface area contributed by atoms with Gasteiger partial charge in [-0.1, -0.05) is 0 Å². The van der Waals surface area contributed by atoms with E-state index in [0.717, 1.165) is 5.69 Å². The quantitative estimate of drug-likeness (QED) is 0.762. The van der Waals surface area contributed by atoms with Gasteiger partial charge in [0.2, 0.25) is 0 Å². The van der Waals surface area contributed by atoms with Crippen molar-refractivity contribution in [1.82, 2.24) is 5.32 Å². The number of carboxylic acid groups (broad SMARTS) is 1. The number of methoxy groups -OCH3 is 2. The lowest BCUT2D eigenvalue weighted by molar-refractivity contribution is -0.139. The number of ether oxygens (including phenoxy) is 2. The number of hydrogen-bond acceptors (Lipinski definition) is 5. The molecular weight excluding hydrogens is 248 g/mol. The first-order valence-electron chi connectivity index (χ1n) is 5.86. The molecule has 1 aromatic rings. The molecule has 0 fully saturated rings. The maximum absolute atomic E-state index is 11.0. The Morgan fingerprint density at radius 1 is 1.42 bits per heavy atom. The molecule has 6 nitrogen and oxygen atoms in total. The molecule has 1 aromatic carbocycles. The van der Waals surface area contributed by atoms with Crippen LogP contribution in [0.25, 0.3) is 0 Å². The minimum atomic E-state index is -0.887. The molecule has 19 heavy (non-hydrogen) atoms. The highest BCUT2D eigenvalue weighted by Gasteiger charge is 2.19. The number of nitrogens with zero attached hydrogens (tertiary/aromatic N) is 1. The van der Waals surface area contributed by atoms with E-state index in [4.69, 9.17) is 14.6 Å². The monoisotopic (exact) mass is 268 g/mol. The van der Waals surface area contributed by atoms with E-state index in [-0.39, 0.29) is 0 Å². The summed E-state index contributed by atoms with van der Waals surface area (Å²) in [5.41, 5.74) is 0.810. The fraction of sp³-hybridized carbons (Fsp3) is 0.462. The zero-order valence-electron chi connectivity index (χ0n) is 11.6. The lowest BCUT2D eigenvalue weighted by atomic mass is 10.2. The number of nitrogens with one attached hydrogen (secondary N) is 1. The predicted octanol–water partition coefficient (Wildman–Crippen LogP) is 0.813. The zero-order chi connectivity index (χ0) is 14.4. The number of likely N-dealkylation sites (N-methyl/N-ethyl adjacent to an activating group) is 2. The molecule has 0 bridgehead atoms. The zero-order valence-corrected chi connectivity index (χ0v) is 11.6. The minimum Gasteiger partial charge on any atom is -0.497 e. The number of rotatable bonds is 7. The molecular formula is C13H20N2O4. The molecule has 0 saturated carbocycles. The van der Waals surface area contributed by atoms with E-state index in [2.05, 4.69) is 5.32 Å². The number of carboxylic acids is 1. The average Bonchev–Trinajstić information content (AvgIpc) is 2.43. The normalized spacial score (nSPS) is 11.8. The van der Waals surface area contributed by atoms with Crippen LogP contribution in [0.3, 0.4) is 0 Å². The van der Waals surface area contributed by atoms with Crippen molar-refractivity contribution in [1.29, 1.82) is 0 Å². The maximum atomic E-state index is 11.0. The molecule has 1 unspecified atom stereocenters. The van der Waals surface area contributed by atoms with Crippen LogP contribution in [0, 0.1) is 0 Å². The summed E-state index contributed by atoms with van der Waals surface area (Å²) < 4.78 is 10.4. The Kier molecular flexibility index (Phi) is 5.44. The van der Waals surface area contributed by atoms with Crippen molar-refractivity contribution in [3.05, 3.63) is 18.2 Å². The van der Waals surface area contributed by atoms with Crippen molar-refractivity contribution in [2.75, 3.05) is 39.8 Å². The van der Waals surface area contributed by atoms with Crippen LogP contribution < -0.4 is 19.7 Å². The van der Waals surface area contributed by atoms with Crippen LogP contribution in [-0.4, -0.2) is 52.0 Å². The summed E-state index contributed by atoms with van der Waals surface area (Å²) in [7, 11) is 6.59. The Morgan fingerprint density at radius 3 is 2.58 bits per heavy atom. The van der Waals surface area contributed by atoms with E-state index in [0.29, 0.717) is 18.0 Å². The Labute approximate surface area is 112 Å². The second-order valence-corrected chi connectivity index (χ2v) is 4.10. The standard InChI is InChI=1S/C13H20N2O4/c1-14-10(13(16)17)8-15(2)11-6-5-9(18-3)7-12(11)19-4/h5-7,10,14H,8H2,1-4H3,(H,16,17). The third kappa shape index (κ3) is 3.75. The highest BCUT2D eigenvalue weighted by molar-refractivity contribution is 5.74. The van der Waals surface area contributed by atoms with E-state index in [1.165, 1.54) is 0 Å². The van der Waals surface area contributed by atoms with Crippen LogP contribution >= 0.6 is 0 Å². The first-order chi connectivity index (χ1) is 9.03. The van der Waals surface area contributed by atoms with Gasteiger partial charge in [-0.2, -0.15) is 0 Å². The lowest BCUT2D eigenvalue weighted by Gasteiger charge is -2.25. The Hall–Kier alpha value is -1.95. The van der Waals surface area contributed by atoms with Crippen molar-refractivity contribution in [3.63, 3.8) is 0 Å². The van der Waals surface area contributed by atoms with Gasteiger partial charge in [-0.05, 0) is 19.2 Å². The summed E-state index contributed by atoms with van der Waals surface area (Å²) in [6.07, 6.45) is 0. The largest absolute Gasteiger partial charge is 0.497 e. The summed E-state index contributed by atoms with van der Waals surface area (Å²) in [6, 6.07) is 4.77. The minimum absolute atomic E-state index is 0.328. The van der Waals surface area contributed by atoms with Gasteiger partial charge in [-0.15, -0.1) is 0 Å². The molecule has 0 aliphatic carbocycles. The molecule has 0 amide bonds. The van der Waals surface area contributed by atoms with Crippen LogP contribution in [0.2, 0.25) is 0 Å². The van der Waals surface area contributed by atoms with E-state index >= 15 is 0 Å². The molecule has 2 N–H and O–H groups in total. The van der Waals surface area contributed by atoms with Crippen LogP contribution in [0.1, 0.15) is 0 Å². The van der Waals surface area contributed by atoms with Gasteiger partial charge in [0.15, 0.2) is 0 Å². The maximum Gasteiger partial charge on any atom is 0.322 e. The first kappa shape index (κ1) is 15.1. The van der Waals surface area contributed by atoms with E-state index in [1.54, 1.807) is 27.3 Å². The Balaban J connectivity index is 2.92. The fourth-order valence-electron chi connectivity index (χ4n) is 1.77. The number of benzene rings is 1. The molecule has 0 aliphatic heterocycles. The van der Waals surface area contributed by atoms with E-state index in [1.807, 2.05) is 24.1 Å². The van der Waals surface area contributed by atoms with Crippen molar-refractivity contribution in [3.8, 4) is 11.5 Å². The van der Waals surface area contributed by atoms with Gasteiger partial charge in [-0.25, -0.2) is 0 Å². The van der Waals surface area contributed by atoms with Gasteiger partial charge in [0.25, 0.3) is 0 Å². The molecule has 0 radical (unpaired) electrons. The number of aliphatic carboxylic acids is 1. The summed E-state index contributed by atoms with van der Waals surface area (Å²) >= 11 is 0. The molecule has 0 aliphatic rings. The summed E-state index contributed by atoms with van der Waals surface area (Å²) in [5.74, 6) is 0.446. The number of hydrogen-bond donors (Lipinski definition) is 2. The summed E-state index contributed by atoms with van der Waals surface area (Å²) in [6.45, 7) is 0.328. The first-order valence-corrected chi connectivity index (χ1v) is 5.86. The lowest BCUT2D eigenvalue weighted by Crippen LogP contribution is -2.43. The van der Waals surface area contributed by atoms with Gasteiger partial charge in [0.1, 0.15) is 17.5 Å². The molecule has 0 spiro atoms. The Bertz CT molecular complexity index is 437. The van der Waals surface area contributed by atoms with E-state index < -0.39 is 12.0 Å². The second kappa shape index (κ2) is 6.84. The highest BCUT2D eigenvalue weighted by atomic mass is 16.5. The third-order valence-electron chi connectivity index (χ3n) is 2.90. The van der Waals surface area contributed by atoms with Gasteiger partial charge < -0.3 is 24.8 Å². The molecule has 1 rings (SSSR count).